The van der Waals surface area contributed by atoms with E-state index in [2.05, 4.69) is 10.3 Å². The van der Waals surface area contributed by atoms with Crippen LogP contribution >= 0.6 is 11.6 Å². The molecule has 0 fully saturated rings. The molecule has 132 valence electrons. The second-order valence-corrected chi connectivity index (χ2v) is 5.79. The molecule has 7 heteroatoms. The number of nitrogens with zero attached hydrogens (tertiary/aromatic N) is 1. The third kappa shape index (κ3) is 3.45. The minimum Gasteiger partial charge on any atom is -0.480 e. The number of hydrogen-bond donors (Lipinski definition) is 1. The van der Waals surface area contributed by atoms with Crippen LogP contribution in [-0.4, -0.2) is 31.1 Å². The number of aromatic nitrogens is 1. The molecule has 0 saturated heterocycles. The van der Waals surface area contributed by atoms with Gasteiger partial charge in [-0.3, -0.25) is 4.79 Å². The predicted molar refractivity (Wildman–Crippen MR) is 99.0 cm³/mol. The lowest BCUT2D eigenvalue weighted by Gasteiger charge is -2.12. The molecule has 0 aliphatic carbocycles. The Labute approximate surface area is 154 Å². The van der Waals surface area contributed by atoms with E-state index in [0.29, 0.717) is 5.56 Å². The number of anilines is 1. The number of carbonyl (C=O) groups is 2. The number of methoxy groups -OCH3 is 2. The highest BCUT2D eigenvalue weighted by Crippen LogP contribution is 2.28. The maximum absolute atomic E-state index is 12.6. The van der Waals surface area contributed by atoms with Crippen molar-refractivity contribution in [1.29, 1.82) is 0 Å². The van der Waals surface area contributed by atoms with Crippen molar-refractivity contribution in [1.82, 2.24) is 4.98 Å². The Morgan fingerprint density at radius 1 is 1.04 bits per heavy atom. The van der Waals surface area contributed by atoms with Gasteiger partial charge in [-0.25, -0.2) is 4.79 Å². The number of fused-ring (bicyclic) bond motifs is 1. The summed E-state index contributed by atoms with van der Waals surface area (Å²) in [4.78, 5) is 28.7. The number of halogens is 1. The maximum atomic E-state index is 12.6. The molecule has 1 amide bonds. The lowest BCUT2D eigenvalue weighted by molar-refractivity contribution is 0.0601. The van der Waals surface area contributed by atoms with Crippen LogP contribution in [0.4, 0.5) is 5.82 Å². The highest BCUT2D eigenvalue weighted by molar-refractivity contribution is 6.32. The lowest BCUT2D eigenvalue weighted by Crippen LogP contribution is -2.17. The molecule has 6 nitrogen and oxygen atoms in total. The number of carbonyl (C=O) groups excluding carboxylic acids is 2. The Morgan fingerprint density at radius 2 is 1.77 bits per heavy atom. The van der Waals surface area contributed by atoms with Gasteiger partial charge in [0.1, 0.15) is 10.6 Å². The SMILES string of the molecule is COC(=O)c1cc(Cl)c(OC)nc1NC(=O)c1ccc2ccccc2c1. The number of ether oxygens (including phenoxy) is 2. The molecule has 0 atom stereocenters. The highest BCUT2D eigenvalue weighted by atomic mass is 35.5. The van der Waals surface area contributed by atoms with Crippen LogP contribution in [0.2, 0.25) is 5.02 Å². The van der Waals surface area contributed by atoms with Crippen molar-refractivity contribution < 1.29 is 19.1 Å². The van der Waals surface area contributed by atoms with Crippen LogP contribution in [0.15, 0.2) is 48.5 Å². The lowest BCUT2D eigenvalue weighted by atomic mass is 10.1. The molecule has 0 bridgehead atoms. The van der Waals surface area contributed by atoms with Crippen LogP contribution in [0, 0.1) is 0 Å². The molecule has 2 aromatic carbocycles. The molecular weight excluding hydrogens is 356 g/mol. The molecular formula is C19H15ClN2O4. The average Bonchev–Trinajstić information content (AvgIpc) is 2.67. The number of benzene rings is 2. The molecule has 1 heterocycles. The molecule has 0 radical (unpaired) electrons. The van der Waals surface area contributed by atoms with Gasteiger partial charge in [-0.15, -0.1) is 0 Å². The minimum atomic E-state index is -0.670. The van der Waals surface area contributed by atoms with Gasteiger partial charge in [-0.1, -0.05) is 41.9 Å². The van der Waals surface area contributed by atoms with Crippen molar-refractivity contribution >= 4 is 40.1 Å². The minimum absolute atomic E-state index is 0.0104. The highest BCUT2D eigenvalue weighted by Gasteiger charge is 2.20. The van der Waals surface area contributed by atoms with Gasteiger partial charge in [0.05, 0.1) is 14.2 Å². The first kappa shape index (κ1) is 17.7. The zero-order valence-corrected chi connectivity index (χ0v) is 14.8. The third-order valence-electron chi connectivity index (χ3n) is 3.79. The number of hydrogen-bond acceptors (Lipinski definition) is 5. The van der Waals surface area contributed by atoms with E-state index in [1.807, 2.05) is 30.3 Å². The van der Waals surface area contributed by atoms with E-state index in [1.54, 1.807) is 12.1 Å². The number of amides is 1. The summed E-state index contributed by atoms with van der Waals surface area (Å²) in [6.07, 6.45) is 0. The fraction of sp³-hybridized carbons (Fsp3) is 0.105. The quantitative estimate of drug-likeness (QED) is 0.704. The predicted octanol–water partition coefficient (Wildman–Crippen LogP) is 3.94. The van der Waals surface area contributed by atoms with Crippen molar-refractivity contribution in [2.24, 2.45) is 0 Å². The number of pyridine rings is 1. The summed E-state index contributed by atoms with van der Waals surface area (Å²) in [6, 6.07) is 14.3. The van der Waals surface area contributed by atoms with Gasteiger partial charge in [0, 0.05) is 5.56 Å². The largest absolute Gasteiger partial charge is 0.480 e. The van der Waals surface area contributed by atoms with Gasteiger partial charge >= 0.3 is 5.97 Å². The van der Waals surface area contributed by atoms with Gasteiger partial charge < -0.3 is 14.8 Å². The van der Waals surface area contributed by atoms with E-state index in [9.17, 15) is 9.59 Å². The smallest absolute Gasteiger partial charge is 0.341 e. The van der Waals surface area contributed by atoms with Crippen LogP contribution in [0.3, 0.4) is 0 Å². The van der Waals surface area contributed by atoms with E-state index in [-0.39, 0.29) is 22.3 Å². The van der Waals surface area contributed by atoms with Crippen LogP contribution in [-0.2, 0) is 4.74 Å². The van der Waals surface area contributed by atoms with Crippen molar-refractivity contribution in [2.45, 2.75) is 0 Å². The zero-order chi connectivity index (χ0) is 18.7. The normalized spacial score (nSPS) is 10.4. The molecule has 1 aromatic heterocycles. The van der Waals surface area contributed by atoms with Crippen molar-refractivity contribution in [2.75, 3.05) is 19.5 Å². The Morgan fingerprint density at radius 3 is 2.46 bits per heavy atom. The monoisotopic (exact) mass is 370 g/mol. The summed E-state index contributed by atoms with van der Waals surface area (Å²) >= 11 is 6.01. The van der Waals surface area contributed by atoms with E-state index >= 15 is 0 Å². The Hall–Kier alpha value is -3.12. The first-order valence-corrected chi connectivity index (χ1v) is 8.04. The van der Waals surface area contributed by atoms with Crippen molar-refractivity contribution in [3.63, 3.8) is 0 Å². The molecule has 0 aliphatic rings. The molecule has 26 heavy (non-hydrogen) atoms. The number of nitrogens with one attached hydrogen (secondary N) is 1. The van der Waals surface area contributed by atoms with Crippen LogP contribution in [0.5, 0.6) is 5.88 Å². The second kappa shape index (κ2) is 7.41. The number of rotatable bonds is 4. The van der Waals surface area contributed by atoms with Crippen LogP contribution < -0.4 is 10.1 Å². The van der Waals surface area contributed by atoms with Crippen molar-refractivity contribution in [3.8, 4) is 5.88 Å². The fourth-order valence-electron chi connectivity index (χ4n) is 2.49. The summed E-state index contributed by atoms with van der Waals surface area (Å²) in [7, 11) is 2.62. The third-order valence-corrected chi connectivity index (χ3v) is 4.06. The standard InChI is InChI=1S/C19H15ClN2O4/c1-25-18-15(20)10-14(19(24)26-2)16(22-18)21-17(23)13-8-7-11-5-3-4-6-12(11)9-13/h3-10H,1-2H3,(H,21,22,23). The van der Waals surface area contributed by atoms with Crippen LogP contribution in [0.25, 0.3) is 10.8 Å². The van der Waals surface area contributed by atoms with Gasteiger partial charge in [0.15, 0.2) is 5.82 Å². The van der Waals surface area contributed by atoms with Gasteiger partial charge in [0.2, 0.25) is 5.88 Å². The summed E-state index contributed by atoms with van der Waals surface area (Å²) < 4.78 is 9.77. The summed E-state index contributed by atoms with van der Waals surface area (Å²) in [5, 5.41) is 4.70. The maximum Gasteiger partial charge on any atom is 0.341 e. The Balaban J connectivity index is 1.98. The van der Waals surface area contributed by atoms with Crippen molar-refractivity contribution in [3.05, 3.63) is 64.7 Å². The molecule has 3 aromatic rings. The van der Waals surface area contributed by atoms with Gasteiger partial charge in [-0.05, 0) is 29.0 Å². The summed E-state index contributed by atoms with van der Waals surface area (Å²) in [5.74, 6) is -0.988. The van der Waals surface area contributed by atoms with E-state index in [1.165, 1.54) is 20.3 Å². The molecule has 0 spiro atoms. The molecule has 3 rings (SSSR count). The zero-order valence-electron chi connectivity index (χ0n) is 14.1. The first-order valence-electron chi connectivity index (χ1n) is 7.66. The van der Waals surface area contributed by atoms with Gasteiger partial charge in [0.25, 0.3) is 5.91 Å². The molecule has 0 saturated carbocycles. The molecule has 0 unspecified atom stereocenters. The first-order chi connectivity index (χ1) is 12.5. The number of esters is 1. The molecule has 1 N–H and O–H groups in total. The van der Waals surface area contributed by atoms with Crippen LogP contribution in [0.1, 0.15) is 20.7 Å². The Bertz CT molecular complexity index is 1000. The Kier molecular flexibility index (Phi) is 5.04. The fourth-order valence-corrected chi connectivity index (χ4v) is 2.71. The summed E-state index contributed by atoms with van der Waals surface area (Å²) in [6.45, 7) is 0. The van der Waals surface area contributed by atoms with E-state index < -0.39 is 11.9 Å². The molecule has 0 aliphatic heterocycles. The second-order valence-electron chi connectivity index (χ2n) is 5.38. The average molecular weight is 371 g/mol. The van der Waals surface area contributed by atoms with E-state index in [0.717, 1.165) is 10.8 Å². The topological polar surface area (TPSA) is 77.5 Å². The summed E-state index contributed by atoms with van der Waals surface area (Å²) in [5.41, 5.74) is 0.461. The van der Waals surface area contributed by atoms with Gasteiger partial charge in [-0.2, -0.15) is 4.98 Å². The van der Waals surface area contributed by atoms with E-state index in [4.69, 9.17) is 21.1 Å².